The molecule has 5 rings (SSSR count). The van der Waals surface area contributed by atoms with Crippen molar-refractivity contribution in [3.05, 3.63) is 65.1 Å². The molecule has 4 heterocycles. The minimum absolute atomic E-state index is 0.0249. The Balaban J connectivity index is 1.63. The van der Waals surface area contributed by atoms with Gasteiger partial charge in [-0.1, -0.05) is 12.1 Å². The van der Waals surface area contributed by atoms with Crippen molar-refractivity contribution in [3.8, 4) is 11.5 Å². The number of Topliss-reactive ketones (excluding diaryl/α,β-unsaturated/α-hetero) is 1. The van der Waals surface area contributed by atoms with Crippen molar-refractivity contribution in [2.24, 2.45) is 0 Å². The van der Waals surface area contributed by atoms with Crippen LogP contribution >= 0.6 is 0 Å². The molecular weight excluding hydrogens is 488 g/mol. The van der Waals surface area contributed by atoms with Crippen LogP contribution in [0, 0.1) is 6.92 Å². The lowest BCUT2D eigenvalue weighted by Crippen LogP contribution is -2.42. The lowest BCUT2D eigenvalue weighted by atomic mass is 9.96. The Morgan fingerprint density at radius 1 is 1.13 bits per heavy atom. The molecule has 1 atom stereocenters. The molecule has 200 valence electrons. The van der Waals surface area contributed by atoms with Gasteiger partial charge in [0, 0.05) is 32.4 Å². The maximum atomic E-state index is 13.5. The number of pyridine rings is 1. The number of hydrogen-bond donors (Lipinski definition) is 1. The maximum absolute atomic E-state index is 13.5. The number of ketones is 1. The molecule has 2 aromatic heterocycles. The summed E-state index contributed by atoms with van der Waals surface area (Å²) in [6.45, 7) is 7.78. The van der Waals surface area contributed by atoms with Crippen LogP contribution in [-0.4, -0.2) is 89.1 Å². The van der Waals surface area contributed by atoms with Crippen LogP contribution in [0.4, 0.5) is 0 Å². The van der Waals surface area contributed by atoms with Crippen LogP contribution in [0.1, 0.15) is 29.9 Å². The normalized spacial score (nSPS) is 19.9. The molecule has 10 nitrogen and oxygen atoms in total. The van der Waals surface area contributed by atoms with Gasteiger partial charge < -0.3 is 24.2 Å². The average molecular weight is 521 g/mol. The van der Waals surface area contributed by atoms with Gasteiger partial charge in [0.15, 0.2) is 17.3 Å². The number of carbonyl (C=O) groups is 2. The Morgan fingerprint density at radius 2 is 1.92 bits per heavy atom. The molecule has 0 spiro atoms. The predicted molar refractivity (Wildman–Crippen MR) is 140 cm³/mol. The van der Waals surface area contributed by atoms with Gasteiger partial charge in [0.1, 0.15) is 11.3 Å². The standard InChI is InChI=1S/C28H32N4O6/c1-4-38-20-9-8-19(17-21(20)36-3)25-23(26(33)24-18(2)29-22-7-5-6-10-31(22)24)27(34)28(35)32(25)12-11-30-13-15-37-16-14-30/h5-10,17,25,33H,4,11-16H2,1-3H3. The Bertz CT molecular complexity index is 1390. The van der Waals surface area contributed by atoms with Gasteiger partial charge in [0.05, 0.1) is 44.2 Å². The summed E-state index contributed by atoms with van der Waals surface area (Å²) in [6.07, 6.45) is 1.77. The number of nitrogens with zero attached hydrogens (tertiary/aromatic N) is 4. The Hall–Kier alpha value is -3.89. The van der Waals surface area contributed by atoms with Crippen molar-refractivity contribution in [2.45, 2.75) is 19.9 Å². The number of aromatic nitrogens is 2. The minimum Gasteiger partial charge on any atom is -0.505 e. The third-order valence-corrected chi connectivity index (χ3v) is 7.03. The fourth-order valence-electron chi connectivity index (χ4n) is 5.19. The molecule has 0 bridgehead atoms. The summed E-state index contributed by atoms with van der Waals surface area (Å²) in [5.74, 6) is -0.598. The molecule has 38 heavy (non-hydrogen) atoms. The SMILES string of the molecule is CCOc1ccc(C2C(=C(O)c3c(C)nc4ccccn34)C(=O)C(=O)N2CCN2CCOCC2)cc1OC. The molecule has 2 saturated heterocycles. The van der Waals surface area contributed by atoms with Crippen molar-refractivity contribution in [2.75, 3.05) is 53.1 Å². The summed E-state index contributed by atoms with van der Waals surface area (Å²) in [5, 5.41) is 11.6. The van der Waals surface area contributed by atoms with Gasteiger partial charge in [-0.3, -0.25) is 18.9 Å². The number of amides is 1. The number of aliphatic hydroxyl groups is 1. The van der Waals surface area contributed by atoms with Crippen molar-refractivity contribution in [3.63, 3.8) is 0 Å². The molecule has 1 unspecified atom stereocenters. The van der Waals surface area contributed by atoms with Crippen LogP contribution in [0.5, 0.6) is 11.5 Å². The van der Waals surface area contributed by atoms with E-state index < -0.39 is 17.7 Å². The summed E-state index contributed by atoms with van der Waals surface area (Å²) < 4.78 is 18.4. The first-order valence-electron chi connectivity index (χ1n) is 12.8. The van der Waals surface area contributed by atoms with E-state index in [4.69, 9.17) is 14.2 Å². The number of benzene rings is 1. The number of aryl methyl sites for hydroxylation is 1. The number of aliphatic hydroxyl groups excluding tert-OH is 1. The molecule has 0 radical (unpaired) electrons. The zero-order valence-corrected chi connectivity index (χ0v) is 21.8. The van der Waals surface area contributed by atoms with E-state index in [1.54, 1.807) is 42.8 Å². The summed E-state index contributed by atoms with van der Waals surface area (Å²) in [4.78, 5) is 35.2. The number of hydrogen-bond acceptors (Lipinski definition) is 8. The number of ether oxygens (including phenoxy) is 3. The molecule has 1 amide bonds. The molecule has 1 N–H and O–H groups in total. The predicted octanol–water partition coefficient (Wildman–Crippen LogP) is 2.80. The molecule has 2 aliphatic rings. The number of imidazole rings is 1. The van der Waals surface area contributed by atoms with Gasteiger partial charge in [-0.05, 0) is 43.7 Å². The van der Waals surface area contributed by atoms with Crippen molar-refractivity contribution in [1.29, 1.82) is 0 Å². The molecule has 2 fully saturated rings. The molecule has 10 heteroatoms. The summed E-state index contributed by atoms with van der Waals surface area (Å²) in [7, 11) is 1.54. The zero-order chi connectivity index (χ0) is 26.8. The topological polar surface area (TPSA) is 106 Å². The van der Waals surface area contributed by atoms with Crippen LogP contribution in [0.3, 0.4) is 0 Å². The van der Waals surface area contributed by atoms with Crippen molar-refractivity contribution in [1.82, 2.24) is 19.2 Å². The number of fused-ring (bicyclic) bond motifs is 1. The van der Waals surface area contributed by atoms with Crippen LogP contribution in [0.15, 0.2) is 48.2 Å². The number of morpholine rings is 1. The smallest absolute Gasteiger partial charge is 0.295 e. The minimum atomic E-state index is -0.811. The lowest BCUT2D eigenvalue weighted by molar-refractivity contribution is -0.140. The van der Waals surface area contributed by atoms with Gasteiger partial charge in [-0.15, -0.1) is 0 Å². The first-order chi connectivity index (χ1) is 18.4. The van der Waals surface area contributed by atoms with E-state index in [9.17, 15) is 14.7 Å². The third-order valence-electron chi connectivity index (χ3n) is 7.03. The average Bonchev–Trinajstić information content (AvgIpc) is 3.40. The highest BCUT2D eigenvalue weighted by atomic mass is 16.5. The quantitative estimate of drug-likeness (QED) is 0.275. The van der Waals surface area contributed by atoms with Gasteiger partial charge in [0.2, 0.25) is 0 Å². The second-order valence-electron chi connectivity index (χ2n) is 9.26. The fraction of sp³-hybridized carbons (Fsp3) is 0.393. The van der Waals surface area contributed by atoms with Crippen LogP contribution in [0.2, 0.25) is 0 Å². The van der Waals surface area contributed by atoms with Crippen molar-refractivity contribution >= 4 is 23.1 Å². The lowest BCUT2D eigenvalue weighted by Gasteiger charge is -2.31. The number of methoxy groups -OCH3 is 1. The first-order valence-corrected chi connectivity index (χ1v) is 12.8. The molecule has 1 aromatic carbocycles. The summed E-state index contributed by atoms with van der Waals surface area (Å²) in [6, 6.07) is 10.0. The van der Waals surface area contributed by atoms with Gasteiger partial charge in [0.25, 0.3) is 11.7 Å². The monoisotopic (exact) mass is 520 g/mol. The van der Waals surface area contributed by atoms with E-state index in [0.29, 0.717) is 67.0 Å². The Kier molecular flexibility index (Phi) is 7.35. The molecule has 2 aliphatic heterocycles. The van der Waals surface area contributed by atoms with Crippen molar-refractivity contribution < 1.29 is 28.9 Å². The summed E-state index contributed by atoms with van der Waals surface area (Å²) >= 11 is 0. The van der Waals surface area contributed by atoms with Gasteiger partial charge in [-0.25, -0.2) is 4.98 Å². The van der Waals surface area contributed by atoms with Gasteiger partial charge >= 0.3 is 0 Å². The largest absolute Gasteiger partial charge is 0.505 e. The fourth-order valence-corrected chi connectivity index (χ4v) is 5.19. The van der Waals surface area contributed by atoms with Crippen LogP contribution in [-0.2, 0) is 14.3 Å². The molecule has 0 saturated carbocycles. The molecular formula is C28H32N4O6. The Labute approximate surface area is 221 Å². The molecule has 0 aliphatic carbocycles. The number of likely N-dealkylation sites (tertiary alicyclic amines) is 1. The maximum Gasteiger partial charge on any atom is 0.295 e. The summed E-state index contributed by atoms with van der Waals surface area (Å²) in [5.41, 5.74) is 2.23. The molecule has 3 aromatic rings. The van der Waals surface area contributed by atoms with E-state index in [2.05, 4.69) is 9.88 Å². The number of carbonyl (C=O) groups excluding carboxylic acids is 2. The number of rotatable bonds is 8. The second-order valence-corrected chi connectivity index (χ2v) is 9.26. The highest BCUT2D eigenvalue weighted by Crippen LogP contribution is 2.42. The van der Waals surface area contributed by atoms with E-state index in [1.165, 1.54) is 4.90 Å². The third kappa shape index (κ3) is 4.61. The first kappa shape index (κ1) is 25.7. The highest BCUT2D eigenvalue weighted by Gasteiger charge is 2.46. The van der Waals surface area contributed by atoms with Crippen LogP contribution < -0.4 is 9.47 Å². The Morgan fingerprint density at radius 3 is 2.66 bits per heavy atom. The van der Waals surface area contributed by atoms with E-state index in [1.807, 2.05) is 25.1 Å². The van der Waals surface area contributed by atoms with E-state index in [-0.39, 0.29) is 11.3 Å². The van der Waals surface area contributed by atoms with E-state index >= 15 is 0 Å². The van der Waals surface area contributed by atoms with Gasteiger partial charge in [-0.2, -0.15) is 0 Å². The van der Waals surface area contributed by atoms with Crippen LogP contribution in [0.25, 0.3) is 11.4 Å². The second kappa shape index (κ2) is 10.8. The zero-order valence-electron chi connectivity index (χ0n) is 21.8. The highest BCUT2D eigenvalue weighted by molar-refractivity contribution is 6.46. The van der Waals surface area contributed by atoms with E-state index in [0.717, 1.165) is 13.1 Å².